The molecule has 0 fully saturated rings. The summed E-state index contributed by atoms with van der Waals surface area (Å²) in [5.41, 5.74) is 10.5. The van der Waals surface area contributed by atoms with Crippen LogP contribution >= 0.6 is 0 Å². The van der Waals surface area contributed by atoms with E-state index in [1.165, 1.54) is 6.07 Å². The summed E-state index contributed by atoms with van der Waals surface area (Å²) in [6, 6.07) is 1.23. The molecule has 15 heavy (non-hydrogen) atoms. The first-order valence-corrected chi connectivity index (χ1v) is 4.17. The van der Waals surface area contributed by atoms with E-state index < -0.39 is 24.5 Å². The standard InChI is InChI=1S/C9H10F4N2/c10-6-1-2-7(14)5(3-6)4-8(15)9(11,12)13/h1-3,8H,4,14-15H2. The largest absolute Gasteiger partial charge is 0.403 e. The van der Waals surface area contributed by atoms with Crippen molar-refractivity contribution in [2.45, 2.75) is 18.6 Å². The van der Waals surface area contributed by atoms with Crippen LogP contribution in [0.5, 0.6) is 0 Å². The van der Waals surface area contributed by atoms with Gasteiger partial charge < -0.3 is 11.5 Å². The first kappa shape index (κ1) is 11.8. The van der Waals surface area contributed by atoms with Gasteiger partial charge in [-0.3, -0.25) is 0 Å². The summed E-state index contributed by atoms with van der Waals surface area (Å²) in [6.07, 6.45) is -5.02. The number of nitrogens with two attached hydrogens (primary N) is 2. The van der Waals surface area contributed by atoms with Crippen LogP contribution in [0.4, 0.5) is 23.2 Å². The van der Waals surface area contributed by atoms with Crippen LogP contribution in [-0.4, -0.2) is 12.2 Å². The van der Waals surface area contributed by atoms with Gasteiger partial charge in [-0.05, 0) is 30.2 Å². The minimum absolute atomic E-state index is 0.0693. The Bertz CT molecular complexity index is 348. The SMILES string of the molecule is Nc1ccc(F)cc1CC(N)C(F)(F)F. The van der Waals surface area contributed by atoms with Crippen LogP contribution in [-0.2, 0) is 6.42 Å². The van der Waals surface area contributed by atoms with E-state index in [-0.39, 0.29) is 11.3 Å². The molecule has 0 saturated heterocycles. The average Bonchev–Trinajstić information content (AvgIpc) is 2.09. The number of anilines is 1. The Hall–Kier alpha value is -1.30. The second kappa shape index (κ2) is 4.06. The number of hydrogen-bond acceptors (Lipinski definition) is 2. The molecule has 0 aliphatic carbocycles. The molecule has 1 atom stereocenters. The van der Waals surface area contributed by atoms with Gasteiger partial charge in [-0.15, -0.1) is 0 Å². The van der Waals surface area contributed by atoms with Gasteiger partial charge in [0.2, 0.25) is 0 Å². The van der Waals surface area contributed by atoms with E-state index in [9.17, 15) is 17.6 Å². The molecule has 0 heterocycles. The lowest BCUT2D eigenvalue weighted by molar-refractivity contribution is -0.147. The molecule has 1 aromatic rings. The van der Waals surface area contributed by atoms with Crippen LogP contribution in [0.2, 0.25) is 0 Å². The molecule has 1 rings (SSSR count). The van der Waals surface area contributed by atoms with Gasteiger partial charge in [-0.1, -0.05) is 0 Å². The topological polar surface area (TPSA) is 52.0 Å². The summed E-state index contributed by atoms with van der Waals surface area (Å²) < 4.78 is 49.0. The number of nitrogen functional groups attached to an aromatic ring is 1. The normalized spacial score (nSPS) is 13.9. The van der Waals surface area contributed by atoms with Crippen molar-refractivity contribution in [3.8, 4) is 0 Å². The molecule has 0 aliphatic heterocycles. The van der Waals surface area contributed by atoms with Crippen LogP contribution in [0.25, 0.3) is 0 Å². The van der Waals surface area contributed by atoms with Gasteiger partial charge in [0.15, 0.2) is 0 Å². The van der Waals surface area contributed by atoms with Crippen LogP contribution < -0.4 is 11.5 Å². The Labute approximate surface area is 83.9 Å². The van der Waals surface area contributed by atoms with E-state index in [4.69, 9.17) is 11.5 Å². The van der Waals surface area contributed by atoms with Crippen LogP contribution in [0.15, 0.2) is 18.2 Å². The lowest BCUT2D eigenvalue weighted by Crippen LogP contribution is -2.39. The van der Waals surface area contributed by atoms with E-state index in [0.717, 1.165) is 12.1 Å². The van der Waals surface area contributed by atoms with Gasteiger partial charge in [0.1, 0.15) is 11.9 Å². The maximum Gasteiger partial charge on any atom is 0.403 e. The molecule has 0 aromatic heterocycles. The molecule has 0 radical (unpaired) electrons. The molecule has 1 unspecified atom stereocenters. The van der Waals surface area contributed by atoms with Crippen molar-refractivity contribution in [2.24, 2.45) is 5.73 Å². The monoisotopic (exact) mass is 222 g/mol. The minimum atomic E-state index is -4.50. The van der Waals surface area contributed by atoms with Crippen molar-refractivity contribution < 1.29 is 17.6 Å². The Morgan fingerprint density at radius 2 is 1.87 bits per heavy atom. The fourth-order valence-electron chi connectivity index (χ4n) is 1.10. The van der Waals surface area contributed by atoms with Crippen molar-refractivity contribution in [3.63, 3.8) is 0 Å². The van der Waals surface area contributed by atoms with Crippen molar-refractivity contribution >= 4 is 5.69 Å². The third kappa shape index (κ3) is 3.09. The van der Waals surface area contributed by atoms with Crippen LogP contribution in [0.3, 0.4) is 0 Å². The van der Waals surface area contributed by atoms with Crippen molar-refractivity contribution in [3.05, 3.63) is 29.6 Å². The number of halogens is 4. The zero-order chi connectivity index (χ0) is 11.6. The van der Waals surface area contributed by atoms with Gasteiger partial charge in [0.05, 0.1) is 0 Å². The molecule has 0 spiro atoms. The van der Waals surface area contributed by atoms with E-state index in [1.54, 1.807) is 0 Å². The quantitative estimate of drug-likeness (QED) is 0.592. The summed E-state index contributed by atoms with van der Waals surface area (Å²) in [7, 11) is 0. The minimum Gasteiger partial charge on any atom is -0.399 e. The smallest absolute Gasteiger partial charge is 0.399 e. The van der Waals surface area contributed by atoms with Gasteiger partial charge in [-0.25, -0.2) is 4.39 Å². The lowest BCUT2D eigenvalue weighted by atomic mass is 10.0. The molecule has 6 heteroatoms. The zero-order valence-corrected chi connectivity index (χ0v) is 7.68. The maximum absolute atomic E-state index is 12.7. The molecule has 0 amide bonds. The van der Waals surface area contributed by atoms with E-state index in [1.807, 2.05) is 0 Å². The van der Waals surface area contributed by atoms with Gasteiger partial charge in [0, 0.05) is 5.69 Å². The predicted molar refractivity (Wildman–Crippen MR) is 48.5 cm³/mol. The summed E-state index contributed by atoms with van der Waals surface area (Å²) in [6.45, 7) is 0. The molecular formula is C9H10F4N2. The summed E-state index contributed by atoms with van der Waals surface area (Å²) in [5.74, 6) is -0.631. The van der Waals surface area contributed by atoms with Crippen molar-refractivity contribution in [2.75, 3.05) is 5.73 Å². The number of rotatable bonds is 2. The highest BCUT2D eigenvalue weighted by atomic mass is 19.4. The molecule has 2 nitrogen and oxygen atoms in total. The fourth-order valence-corrected chi connectivity index (χ4v) is 1.10. The molecule has 0 aliphatic rings. The van der Waals surface area contributed by atoms with Crippen molar-refractivity contribution in [1.29, 1.82) is 0 Å². The predicted octanol–water partition coefficient (Wildman–Crippen LogP) is 1.84. The second-order valence-electron chi connectivity index (χ2n) is 3.20. The first-order chi connectivity index (χ1) is 6.80. The van der Waals surface area contributed by atoms with Crippen molar-refractivity contribution in [1.82, 2.24) is 0 Å². The molecule has 84 valence electrons. The average molecular weight is 222 g/mol. The number of benzene rings is 1. The van der Waals surface area contributed by atoms with Crippen LogP contribution in [0, 0.1) is 5.82 Å². The van der Waals surface area contributed by atoms with E-state index in [2.05, 4.69) is 0 Å². The molecule has 0 saturated carbocycles. The number of hydrogen-bond donors (Lipinski definition) is 2. The third-order valence-corrected chi connectivity index (χ3v) is 1.97. The summed E-state index contributed by atoms with van der Waals surface area (Å²) in [4.78, 5) is 0. The zero-order valence-electron chi connectivity index (χ0n) is 7.68. The second-order valence-corrected chi connectivity index (χ2v) is 3.20. The Morgan fingerprint density at radius 1 is 1.27 bits per heavy atom. The highest BCUT2D eigenvalue weighted by Gasteiger charge is 2.36. The Morgan fingerprint density at radius 3 is 2.40 bits per heavy atom. The fraction of sp³-hybridized carbons (Fsp3) is 0.333. The number of alkyl halides is 3. The van der Waals surface area contributed by atoms with Gasteiger partial charge >= 0.3 is 6.18 Å². The van der Waals surface area contributed by atoms with Gasteiger partial charge in [-0.2, -0.15) is 13.2 Å². The molecule has 4 N–H and O–H groups in total. The molecular weight excluding hydrogens is 212 g/mol. The Kier molecular flexibility index (Phi) is 3.18. The van der Waals surface area contributed by atoms with Gasteiger partial charge in [0.25, 0.3) is 0 Å². The summed E-state index contributed by atoms with van der Waals surface area (Å²) in [5, 5.41) is 0. The van der Waals surface area contributed by atoms with E-state index >= 15 is 0 Å². The maximum atomic E-state index is 12.7. The molecule has 1 aromatic carbocycles. The lowest BCUT2D eigenvalue weighted by Gasteiger charge is -2.16. The Balaban J connectivity index is 2.85. The summed E-state index contributed by atoms with van der Waals surface area (Å²) >= 11 is 0. The highest BCUT2D eigenvalue weighted by Crippen LogP contribution is 2.23. The highest BCUT2D eigenvalue weighted by molar-refractivity contribution is 5.47. The first-order valence-electron chi connectivity index (χ1n) is 4.17. The third-order valence-electron chi connectivity index (χ3n) is 1.97. The van der Waals surface area contributed by atoms with E-state index in [0.29, 0.717) is 0 Å². The van der Waals surface area contributed by atoms with Crippen LogP contribution in [0.1, 0.15) is 5.56 Å². The molecule has 0 bridgehead atoms.